The first-order valence-electron chi connectivity index (χ1n) is 8.95. The number of nitrogens with zero attached hydrogens (tertiary/aromatic N) is 2. The molecule has 12 heteroatoms. The monoisotopic (exact) mass is 448 g/mol. The number of carbonyl (C=O) groups is 4. The van der Waals surface area contributed by atoms with Crippen LogP contribution in [0.4, 0.5) is 23.7 Å². The lowest BCUT2D eigenvalue weighted by Gasteiger charge is -2.28. The molecule has 3 rings (SSSR count). The first-order chi connectivity index (χ1) is 15.1. The highest BCUT2D eigenvalue weighted by atomic mass is 19.4. The Morgan fingerprint density at radius 3 is 2.47 bits per heavy atom. The van der Waals surface area contributed by atoms with Gasteiger partial charge in [-0.1, -0.05) is 6.07 Å². The summed E-state index contributed by atoms with van der Waals surface area (Å²) in [6, 6.07) is 8.29. The third kappa shape index (κ3) is 4.74. The van der Waals surface area contributed by atoms with Gasteiger partial charge in [-0.3, -0.25) is 19.7 Å². The van der Waals surface area contributed by atoms with Crippen molar-refractivity contribution < 1.29 is 37.1 Å². The smallest absolute Gasteiger partial charge is 0.416 e. The number of barbiturate groups is 1. The van der Waals surface area contributed by atoms with E-state index in [1.807, 2.05) is 5.32 Å². The molecule has 1 aliphatic heterocycles. The van der Waals surface area contributed by atoms with Gasteiger partial charge in [-0.05, 0) is 42.5 Å². The maximum atomic E-state index is 13.0. The number of hydrogen-bond acceptors (Lipinski definition) is 6. The van der Waals surface area contributed by atoms with Gasteiger partial charge in [-0.15, -0.1) is 0 Å². The zero-order valence-electron chi connectivity index (χ0n) is 16.3. The van der Waals surface area contributed by atoms with Gasteiger partial charge in [0.2, 0.25) is 5.91 Å². The van der Waals surface area contributed by atoms with Gasteiger partial charge in [0.1, 0.15) is 5.75 Å². The number of anilines is 1. The minimum Gasteiger partial charge on any atom is -0.497 e. The summed E-state index contributed by atoms with van der Waals surface area (Å²) in [6.45, 7) is 0. The van der Waals surface area contributed by atoms with Gasteiger partial charge in [0, 0.05) is 11.8 Å². The number of ether oxygens (including phenoxy) is 1. The third-order valence-electron chi connectivity index (χ3n) is 4.38. The minimum absolute atomic E-state index is 0.211. The summed E-state index contributed by atoms with van der Waals surface area (Å²) < 4.78 is 43.9. The number of carbonyl (C=O) groups excluding carboxylic acids is 4. The quantitative estimate of drug-likeness (QED) is 0.414. The molecule has 0 aliphatic carbocycles. The van der Waals surface area contributed by atoms with Crippen molar-refractivity contribution in [1.82, 2.24) is 10.7 Å². The second-order valence-corrected chi connectivity index (χ2v) is 6.44. The molecule has 2 aromatic carbocycles. The summed E-state index contributed by atoms with van der Waals surface area (Å²) in [4.78, 5) is 49.3. The van der Waals surface area contributed by atoms with Crippen molar-refractivity contribution in [3.05, 3.63) is 59.7 Å². The van der Waals surface area contributed by atoms with Crippen LogP contribution in [0.25, 0.3) is 0 Å². The highest BCUT2D eigenvalue weighted by Gasteiger charge is 2.41. The van der Waals surface area contributed by atoms with Gasteiger partial charge < -0.3 is 4.74 Å². The fraction of sp³-hybridized carbons (Fsp3) is 0.150. The fourth-order valence-electron chi connectivity index (χ4n) is 2.77. The molecule has 2 aromatic rings. The van der Waals surface area contributed by atoms with Crippen LogP contribution in [0.5, 0.6) is 5.75 Å². The van der Waals surface area contributed by atoms with Crippen LogP contribution >= 0.6 is 0 Å². The van der Waals surface area contributed by atoms with Crippen molar-refractivity contribution in [3.8, 4) is 5.75 Å². The van der Waals surface area contributed by atoms with Gasteiger partial charge in [0.15, 0.2) is 5.92 Å². The predicted molar refractivity (Wildman–Crippen MR) is 105 cm³/mol. The number of alkyl halides is 3. The van der Waals surface area contributed by atoms with Crippen LogP contribution in [0.3, 0.4) is 0 Å². The number of benzene rings is 2. The zero-order valence-corrected chi connectivity index (χ0v) is 16.3. The van der Waals surface area contributed by atoms with Crippen molar-refractivity contribution in [3.63, 3.8) is 0 Å². The van der Waals surface area contributed by atoms with Gasteiger partial charge in [-0.2, -0.15) is 18.3 Å². The molecule has 32 heavy (non-hydrogen) atoms. The topological polar surface area (TPSA) is 117 Å². The molecule has 1 saturated heterocycles. The molecule has 2 N–H and O–H groups in total. The number of hydrazone groups is 1. The number of amides is 5. The number of imide groups is 2. The minimum atomic E-state index is -4.70. The first kappa shape index (κ1) is 22.5. The average molecular weight is 448 g/mol. The van der Waals surface area contributed by atoms with Crippen molar-refractivity contribution in [2.75, 3.05) is 12.0 Å². The number of urea groups is 1. The summed E-state index contributed by atoms with van der Waals surface area (Å²) in [5.41, 5.74) is 0.878. The molecule has 0 unspecified atom stereocenters. The molecule has 0 spiro atoms. The standard InChI is InChI=1S/C20H15F3N4O5/c1-32-14-7-5-11(6-8-14)16(28)26-24-10-15-17(29)25-19(31)27(18(15)30)13-4-2-3-12(9-13)20(21,22)23/h2-10,15H,1H3,(H,26,28)(H,25,29,31)/b24-10-/t15-/m1/s1. The summed E-state index contributed by atoms with van der Waals surface area (Å²) in [5, 5.41) is 5.45. The molecule has 1 atom stereocenters. The van der Waals surface area contributed by atoms with Crippen LogP contribution < -0.4 is 20.4 Å². The summed E-state index contributed by atoms with van der Waals surface area (Å²) in [5.74, 6) is -3.95. The van der Waals surface area contributed by atoms with Crippen molar-refractivity contribution >= 4 is 35.7 Å². The lowest BCUT2D eigenvalue weighted by atomic mass is 10.1. The van der Waals surface area contributed by atoms with Crippen LogP contribution in [0, 0.1) is 5.92 Å². The molecular weight excluding hydrogens is 433 g/mol. The Balaban J connectivity index is 1.77. The maximum Gasteiger partial charge on any atom is 0.416 e. The number of nitrogens with one attached hydrogen (secondary N) is 2. The SMILES string of the molecule is COc1ccc(C(=O)N/N=C\[C@@H]2C(=O)NC(=O)N(c3cccc(C(F)(F)F)c3)C2=O)cc1. The van der Waals surface area contributed by atoms with E-state index in [1.54, 1.807) is 0 Å². The van der Waals surface area contributed by atoms with Crippen LogP contribution in [-0.4, -0.2) is 37.1 Å². The van der Waals surface area contributed by atoms with E-state index >= 15 is 0 Å². The molecule has 0 bridgehead atoms. The lowest BCUT2D eigenvalue weighted by molar-refractivity contribution is -0.138. The van der Waals surface area contributed by atoms with Crippen LogP contribution in [0.2, 0.25) is 0 Å². The van der Waals surface area contributed by atoms with Crippen LogP contribution in [0.15, 0.2) is 53.6 Å². The van der Waals surface area contributed by atoms with Crippen LogP contribution in [-0.2, 0) is 15.8 Å². The molecule has 1 fully saturated rings. The van der Waals surface area contributed by atoms with E-state index in [-0.39, 0.29) is 11.3 Å². The Kier molecular flexibility index (Phi) is 6.23. The van der Waals surface area contributed by atoms with E-state index in [1.165, 1.54) is 31.4 Å². The summed E-state index contributed by atoms with van der Waals surface area (Å²) in [6.07, 6.45) is -3.92. The van der Waals surface area contributed by atoms with E-state index in [9.17, 15) is 32.3 Å². The molecule has 9 nitrogen and oxygen atoms in total. The second kappa shape index (κ2) is 8.88. The first-order valence-corrected chi connectivity index (χ1v) is 8.95. The van der Waals surface area contributed by atoms with Gasteiger partial charge >= 0.3 is 12.2 Å². The summed E-state index contributed by atoms with van der Waals surface area (Å²) >= 11 is 0. The highest BCUT2D eigenvalue weighted by molar-refractivity contribution is 6.32. The fourth-order valence-corrected chi connectivity index (χ4v) is 2.77. The molecule has 0 radical (unpaired) electrons. The third-order valence-corrected chi connectivity index (χ3v) is 4.38. The van der Waals surface area contributed by atoms with E-state index in [4.69, 9.17) is 4.74 Å². The number of halogens is 3. The average Bonchev–Trinajstić information content (AvgIpc) is 2.75. The van der Waals surface area contributed by atoms with E-state index in [2.05, 4.69) is 10.5 Å². The Morgan fingerprint density at radius 2 is 1.84 bits per heavy atom. The molecule has 0 aromatic heterocycles. The predicted octanol–water partition coefficient (Wildman–Crippen LogP) is 2.33. The van der Waals surface area contributed by atoms with Crippen molar-refractivity contribution in [2.45, 2.75) is 6.18 Å². The Morgan fingerprint density at radius 1 is 1.16 bits per heavy atom. The summed E-state index contributed by atoms with van der Waals surface area (Å²) in [7, 11) is 1.46. The molecule has 0 saturated carbocycles. The van der Waals surface area contributed by atoms with E-state index in [0.717, 1.165) is 24.4 Å². The maximum absolute atomic E-state index is 13.0. The Labute approximate surface area is 178 Å². The Bertz CT molecular complexity index is 1100. The molecule has 166 valence electrons. The number of hydrogen-bond donors (Lipinski definition) is 2. The van der Waals surface area contributed by atoms with Crippen LogP contribution in [0.1, 0.15) is 15.9 Å². The number of rotatable bonds is 5. The second-order valence-electron chi connectivity index (χ2n) is 6.44. The van der Waals surface area contributed by atoms with Gasteiger partial charge in [0.05, 0.1) is 18.4 Å². The molecule has 5 amide bonds. The molecular formula is C20H15F3N4O5. The van der Waals surface area contributed by atoms with E-state index < -0.39 is 41.4 Å². The van der Waals surface area contributed by atoms with E-state index in [0.29, 0.717) is 16.7 Å². The zero-order chi connectivity index (χ0) is 23.5. The Hall–Kier alpha value is -4.22. The molecule has 1 heterocycles. The highest BCUT2D eigenvalue weighted by Crippen LogP contribution is 2.32. The molecule has 1 aliphatic rings. The van der Waals surface area contributed by atoms with Crippen molar-refractivity contribution in [2.24, 2.45) is 11.0 Å². The van der Waals surface area contributed by atoms with Gasteiger partial charge in [0.25, 0.3) is 11.8 Å². The van der Waals surface area contributed by atoms with Gasteiger partial charge in [-0.25, -0.2) is 15.1 Å². The van der Waals surface area contributed by atoms with Crippen molar-refractivity contribution in [1.29, 1.82) is 0 Å². The number of methoxy groups -OCH3 is 1. The lowest BCUT2D eigenvalue weighted by Crippen LogP contribution is -2.58. The largest absolute Gasteiger partial charge is 0.497 e. The normalized spacial score (nSPS) is 16.8.